The first-order valence-corrected chi connectivity index (χ1v) is 16.2. The summed E-state index contributed by atoms with van der Waals surface area (Å²) in [6.07, 6.45) is 6.57. The van der Waals surface area contributed by atoms with E-state index in [1.807, 2.05) is 41.5 Å². The van der Waals surface area contributed by atoms with Crippen LogP contribution in [-0.4, -0.2) is 52.0 Å². The van der Waals surface area contributed by atoms with Crippen LogP contribution in [0.4, 0.5) is 16.2 Å². The van der Waals surface area contributed by atoms with E-state index in [2.05, 4.69) is 39.6 Å². The van der Waals surface area contributed by atoms with E-state index >= 15 is 0 Å². The van der Waals surface area contributed by atoms with Crippen LogP contribution in [0, 0.1) is 0 Å². The molecule has 2 N–H and O–H groups in total. The maximum absolute atomic E-state index is 14.2. The molecule has 46 heavy (non-hydrogen) atoms. The van der Waals surface area contributed by atoms with Crippen molar-refractivity contribution in [1.82, 2.24) is 14.5 Å². The number of hydrogen-bond donors (Lipinski definition) is 2. The second-order valence-corrected chi connectivity index (χ2v) is 12.6. The summed E-state index contributed by atoms with van der Waals surface area (Å²) in [6.45, 7) is -0.0179. The molecule has 2 aromatic heterocycles. The number of imide groups is 1. The average molecular weight is 640 g/mol. The molecule has 2 aliphatic heterocycles. The van der Waals surface area contributed by atoms with Gasteiger partial charge in [-0.25, -0.2) is 9.59 Å². The second-order valence-electron chi connectivity index (χ2n) is 11.5. The lowest BCUT2D eigenvalue weighted by Gasteiger charge is -2.31. The Hall–Kier alpha value is -5.10. The molecular weight excluding hydrogens is 606 g/mol. The quantitative estimate of drug-likeness (QED) is 0.253. The molecule has 1 fully saturated rings. The number of benzene rings is 2. The molecule has 12 heteroatoms. The molecule has 0 radical (unpaired) electrons. The summed E-state index contributed by atoms with van der Waals surface area (Å²) >= 11 is 1.85. The van der Waals surface area contributed by atoms with Crippen LogP contribution >= 0.6 is 11.3 Å². The summed E-state index contributed by atoms with van der Waals surface area (Å²) in [6, 6.07) is 18.4. The van der Waals surface area contributed by atoms with Gasteiger partial charge >= 0.3 is 12.0 Å². The largest absolute Gasteiger partial charge is 0.482 e. The molecule has 7 rings (SSSR count). The van der Waals surface area contributed by atoms with Gasteiger partial charge in [-0.15, -0.1) is 16.4 Å². The van der Waals surface area contributed by atoms with Gasteiger partial charge in [0.15, 0.2) is 6.61 Å². The highest BCUT2D eigenvalue weighted by Gasteiger charge is 2.36. The molecule has 0 saturated carbocycles. The van der Waals surface area contributed by atoms with Crippen LogP contribution in [-0.2, 0) is 38.6 Å². The van der Waals surface area contributed by atoms with E-state index < -0.39 is 24.4 Å². The van der Waals surface area contributed by atoms with Gasteiger partial charge in [-0.2, -0.15) is 0 Å². The van der Waals surface area contributed by atoms with Crippen LogP contribution in [0.25, 0.3) is 5.00 Å². The SMILES string of the molecule is CNc1ccc(C2c3cccn3-c3sc4c(c3CN2C(=O)Nc2ccc(OCC(=O)ON3C(=O)CCC3=O)cc2)CCCC4)cc1. The molecule has 1 aliphatic carbocycles. The van der Waals surface area contributed by atoms with E-state index in [0.717, 1.165) is 36.2 Å². The first kappa shape index (κ1) is 29.6. The summed E-state index contributed by atoms with van der Waals surface area (Å²) in [7, 11) is 1.88. The Bertz CT molecular complexity index is 1800. The highest BCUT2D eigenvalue weighted by Crippen LogP contribution is 2.44. The first-order chi connectivity index (χ1) is 22.4. The molecule has 4 heterocycles. The fourth-order valence-electron chi connectivity index (χ4n) is 6.33. The Morgan fingerprint density at radius 1 is 0.891 bits per heavy atom. The maximum Gasteiger partial charge on any atom is 0.370 e. The molecule has 236 valence electrons. The van der Waals surface area contributed by atoms with Gasteiger partial charge in [0, 0.05) is 47.9 Å². The minimum atomic E-state index is -0.865. The zero-order chi connectivity index (χ0) is 31.8. The predicted molar refractivity (Wildman–Crippen MR) is 172 cm³/mol. The van der Waals surface area contributed by atoms with Crippen LogP contribution in [0.3, 0.4) is 0 Å². The lowest BCUT2D eigenvalue weighted by atomic mass is 9.95. The monoisotopic (exact) mass is 639 g/mol. The van der Waals surface area contributed by atoms with Crippen LogP contribution in [0.1, 0.15) is 59.0 Å². The Kier molecular flexibility index (Phi) is 7.95. The van der Waals surface area contributed by atoms with E-state index in [9.17, 15) is 19.2 Å². The molecule has 1 unspecified atom stereocenters. The zero-order valence-electron chi connectivity index (χ0n) is 25.3. The van der Waals surface area contributed by atoms with Crippen molar-refractivity contribution in [3.05, 3.63) is 94.1 Å². The molecule has 3 aliphatic rings. The Morgan fingerprint density at radius 3 is 2.35 bits per heavy atom. The number of thiophene rings is 1. The van der Waals surface area contributed by atoms with Gasteiger partial charge in [0.1, 0.15) is 10.8 Å². The molecule has 0 spiro atoms. The Morgan fingerprint density at radius 2 is 1.61 bits per heavy atom. The summed E-state index contributed by atoms with van der Waals surface area (Å²) in [5.41, 5.74) is 6.18. The van der Waals surface area contributed by atoms with E-state index in [1.165, 1.54) is 27.4 Å². The summed E-state index contributed by atoms with van der Waals surface area (Å²) in [5.74, 6) is -1.61. The molecule has 1 atom stereocenters. The van der Waals surface area contributed by atoms with Crippen LogP contribution in [0.2, 0.25) is 0 Å². The number of hydrogen-bond acceptors (Lipinski definition) is 8. The smallest absolute Gasteiger partial charge is 0.370 e. The number of amides is 4. The van der Waals surface area contributed by atoms with Gasteiger partial charge in [-0.05, 0) is 85.3 Å². The minimum absolute atomic E-state index is 0.0182. The van der Waals surface area contributed by atoms with Crippen LogP contribution in [0.5, 0.6) is 5.75 Å². The van der Waals surface area contributed by atoms with E-state index in [4.69, 9.17) is 9.57 Å². The minimum Gasteiger partial charge on any atom is -0.482 e. The number of carbonyl (C=O) groups excluding carboxylic acids is 4. The van der Waals surface area contributed by atoms with Crippen LogP contribution in [0.15, 0.2) is 66.9 Å². The van der Waals surface area contributed by atoms with Crippen LogP contribution < -0.4 is 15.4 Å². The normalized spacial score (nSPS) is 17.1. The third-order valence-corrected chi connectivity index (χ3v) is 9.95. The number of urea groups is 1. The number of aromatic nitrogens is 1. The number of nitrogens with zero attached hydrogens (tertiary/aromatic N) is 3. The van der Waals surface area contributed by atoms with E-state index in [0.29, 0.717) is 23.0 Å². The first-order valence-electron chi connectivity index (χ1n) is 15.4. The van der Waals surface area contributed by atoms with Crippen molar-refractivity contribution in [3.63, 3.8) is 0 Å². The average Bonchev–Trinajstić information content (AvgIpc) is 3.76. The summed E-state index contributed by atoms with van der Waals surface area (Å²) in [5, 5.41) is 7.93. The standard InChI is InChI=1S/C34H33N5O6S/c1-35-22-10-8-21(9-11-22)32-27-6-4-18-37(27)33-26(25-5-2-3-7-28(25)46-33)19-38(32)34(43)36-23-12-14-24(15-13-23)44-20-31(42)45-39-29(40)16-17-30(39)41/h4,6,8-15,18,32,35H,2-3,5,7,16-17,19-20H2,1H3,(H,36,43). The second kappa shape index (κ2) is 12.4. The van der Waals surface area contributed by atoms with Crippen molar-refractivity contribution in [2.24, 2.45) is 0 Å². The number of ether oxygens (including phenoxy) is 1. The molecule has 4 aromatic rings. The lowest BCUT2D eigenvalue weighted by Crippen LogP contribution is -2.38. The molecule has 0 bridgehead atoms. The Balaban J connectivity index is 1.12. The number of nitrogens with one attached hydrogen (secondary N) is 2. The number of fused-ring (bicyclic) bond motifs is 5. The maximum atomic E-state index is 14.2. The van der Waals surface area contributed by atoms with E-state index in [-0.39, 0.29) is 24.9 Å². The summed E-state index contributed by atoms with van der Waals surface area (Å²) < 4.78 is 7.75. The van der Waals surface area contributed by atoms with Crippen molar-refractivity contribution in [3.8, 4) is 10.8 Å². The lowest BCUT2D eigenvalue weighted by molar-refractivity contribution is -0.198. The van der Waals surface area contributed by atoms with Gasteiger partial charge < -0.3 is 29.7 Å². The third-order valence-electron chi connectivity index (χ3n) is 8.62. The summed E-state index contributed by atoms with van der Waals surface area (Å²) in [4.78, 5) is 57.9. The van der Waals surface area contributed by atoms with Crippen molar-refractivity contribution in [2.75, 3.05) is 24.3 Å². The highest BCUT2D eigenvalue weighted by atomic mass is 32.1. The number of carbonyl (C=O) groups is 4. The zero-order valence-corrected chi connectivity index (χ0v) is 26.1. The topological polar surface area (TPSA) is 122 Å². The number of aryl methyl sites for hydroxylation is 1. The molecule has 4 amide bonds. The predicted octanol–water partition coefficient (Wildman–Crippen LogP) is 5.58. The van der Waals surface area contributed by atoms with Crippen molar-refractivity contribution in [1.29, 1.82) is 0 Å². The molecular formula is C34H33N5O6S. The molecule has 2 aromatic carbocycles. The molecule has 1 saturated heterocycles. The fraction of sp³-hybridized carbons (Fsp3) is 0.294. The van der Waals surface area contributed by atoms with Gasteiger partial charge in [0.2, 0.25) is 0 Å². The van der Waals surface area contributed by atoms with Crippen molar-refractivity contribution < 1.29 is 28.8 Å². The number of rotatable bonds is 7. The van der Waals surface area contributed by atoms with Crippen molar-refractivity contribution >= 4 is 46.5 Å². The molecule has 11 nitrogen and oxygen atoms in total. The van der Waals surface area contributed by atoms with Gasteiger partial charge in [0.05, 0.1) is 18.3 Å². The fourth-order valence-corrected chi connectivity index (χ4v) is 7.73. The van der Waals surface area contributed by atoms with E-state index in [1.54, 1.807) is 24.3 Å². The Labute approximate surface area is 269 Å². The van der Waals surface area contributed by atoms with Gasteiger partial charge in [0.25, 0.3) is 11.8 Å². The number of anilines is 2. The van der Waals surface area contributed by atoms with Gasteiger partial charge in [-0.3, -0.25) is 9.59 Å². The van der Waals surface area contributed by atoms with Gasteiger partial charge in [-0.1, -0.05) is 12.1 Å². The number of hydroxylamine groups is 2. The highest BCUT2D eigenvalue weighted by molar-refractivity contribution is 7.15. The van der Waals surface area contributed by atoms with Crippen molar-refractivity contribution in [2.45, 2.75) is 51.1 Å². The third kappa shape index (κ3) is 5.60.